The number of carboxylic acids is 1. The normalized spacial score (nSPS) is 14.5. The first-order chi connectivity index (χ1) is 27.1. The Morgan fingerprint density at radius 1 is 0.571 bits per heavy atom. The first-order valence-corrected chi connectivity index (χ1v) is 22.5. The standard InChI is InChI=1S/C44H74NO10P/c1-3-5-7-9-11-13-15-17-19-20-22-24-26-28-30-32-34-36-43(47)55-40(38-53-56(50,51)54-39-41(45)44(48)49)37-52-42(46)35-33-31-29-27-25-23-21-18-16-14-12-10-8-6-4-2/h6,8,11-14,17-19,21,25,27,40-41H,3-5,7,9-10,15-16,20,22-24,26,28-39,45H2,1-2H3,(H,48,49)(H,50,51)/b8-6-,13-11-,14-12-,19-17-,21-18-,27-25-/t40-,41+/m1/s1. The number of unbranched alkanes of at least 4 members (excludes halogenated alkanes) is 12. The van der Waals surface area contributed by atoms with Crippen LogP contribution in [-0.4, -0.2) is 59.9 Å². The van der Waals surface area contributed by atoms with Crippen LogP contribution in [0.2, 0.25) is 0 Å². The van der Waals surface area contributed by atoms with Crippen molar-refractivity contribution >= 4 is 25.7 Å². The Hall–Kier alpha value is -3.08. The van der Waals surface area contributed by atoms with Crippen LogP contribution in [0.5, 0.6) is 0 Å². The lowest BCUT2D eigenvalue weighted by atomic mass is 10.1. The van der Waals surface area contributed by atoms with Crippen LogP contribution in [0.4, 0.5) is 0 Å². The van der Waals surface area contributed by atoms with Gasteiger partial charge in [0.15, 0.2) is 6.10 Å². The summed E-state index contributed by atoms with van der Waals surface area (Å²) in [6.07, 6.45) is 45.4. The quantitative estimate of drug-likeness (QED) is 0.0235. The van der Waals surface area contributed by atoms with E-state index in [0.29, 0.717) is 12.8 Å². The van der Waals surface area contributed by atoms with E-state index in [-0.39, 0.29) is 19.4 Å². The van der Waals surface area contributed by atoms with Crippen molar-refractivity contribution < 1.29 is 47.5 Å². The summed E-state index contributed by atoms with van der Waals surface area (Å²) < 4.78 is 32.6. The molecule has 0 heterocycles. The van der Waals surface area contributed by atoms with E-state index in [0.717, 1.165) is 77.0 Å². The maximum Gasteiger partial charge on any atom is 0.472 e. The van der Waals surface area contributed by atoms with Crippen molar-refractivity contribution in [3.63, 3.8) is 0 Å². The topological polar surface area (TPSA) is 172 Å². The zero-order valence-corrected chi connectivity index (χ0v) is 35.3. The summed E-state index contributed by atoms with van der Waals surface area (Å²) >= 11 is 0. The lowest BCUT2D eigenvalue weighted by Gasteiger charge is -2.20. The summed E-state index contributed by atoms with van der Waals surface area (Å²) in [5, 5.41) is 8.88. The molecule has 320 valence electrons. The van der Waals surface area contributed by atoms with Crippen LogP contribution in [0.15, 0.2) is 72.9 Å². The van der Waals surface area contributed by atoms with Gasteiger partial charge >= 0.3 is 25.7 Å². The average molecular weight is 808 g/mol. The van der Waals surface area contributed by atoms with Gasteiger partial charge in [0.05, 0.1) is 13.2 Å². The molecule has 0 spiro atoms. The minimum Gasteiger partial charge on any atom is -0.480 e. The van der Waals surface area contributed by atoms with Gasteiger partial charge in [0, 0.05) is 12.8 Å². The number of carboxylic acid groups (broad SMARTS) is 1. The lowest BCUT2D eigenvalue weighted by molar-refractivity contribution is -0.161. The van der Waals surface area contributed by atoms with Gasteiger partial charge in [0.25, 0.3) is 0 Å². The van der Waals surface area contributed by atoms with Gasteiger partial charge in [-0.25, -0.2) is 4.57 Å². The lowest BCUT2D eigenvalue weighted by Crippen LogP contribution is -2.34. The number of carbonyl (C=O) groups is 3. The monoisotopic (exact) mass is 808 g/mol. The first kappa shape index (κ1) is 52.9. The summed E-state index contributed by atoms with van der Waals surface area (Å²) in [7, 11) is -4.73. The number of aliphatic carboxylic acids is 1. The Kier molecular flexibility index (Phi) is 36.6. The van der Waals surface area contributed by atoms with Gasteiger partial charge in [-0.1, -0.05) is 132 Å². The highest BCUT2D eigenvalue weighted by Gasteiger charge is 2.28. The third kappa shape index (κ3) is 37.8. The Morgan fingerprint density at radius 2 is 1.00 bits per heavy atom. The Morgan fingerprint density at radius 3 is 1.54 bits per heavy atom. The molecule has 0 aliphatic heterocycles. The second-order valence-corrected chi connectivity index (χ2v) is 15.2. The molecular weight excluding hydrogens is 733 g/mol. The number of carbonyl (C=O) groups excluding carboxylic acids is 2. The predicted molar refractivity (Wildman–Crippen MR) is 226 cm³/mol. The van der Waals surface area contributed by atoms with Gasteiger partial charge in [-0.15, -0.1) is 0 Å². The van der Waals surface area contributed by atoms with Crippen LogP contribution in [0.1, 0.15) is 155 Å². The number of hydrogen-bond acceptors (Lipinski definition) is 9. The van der Waals surface area contributed by atoms with Crippen molar-refractivity contribution in [3.8, 4) is 0 Å². The van der Waals surface area contributed by atoms with E-state index >= 15 is 0 Å². The molecule has 0 fully saturated rings. The zero-order valence-electron chi connectivity index (χ0n) is 34.4. The SMILES string of the molecule is CC/C=C\C/C=C\C/C=C\C/C=C\CCCCC(=O)OC[C@H](COP(=O)(O)OC[C@H](N)C(=O)O)OC(=O)CCCCCCCCC/C=C\C/C=C\CCCCC. The maximum atomic E-state index is 12.6. The van der Waals surface area contributed by atoms with Gasteiger partial charge < -0.3 is 25.2 Å². The average Bonchev–Trinajstić information content (AvgIpc) is 3.17. The maximum absolute atomic E-state index is 12.6. The molecule has 0 saturated heterocycles. The van der Waals surface area contributed by atoms with Crippen LogP contribution in [0.25, 0.3) is 0 Å². The fraction of sp³-hybridized carbons (Fsp3) is 0.659. The summed E-state index contributed by atoms with van der Waals surface area (Å²) in [5.74, 6) is -2.45. The third-order valence-electron chi connectivity index (χ3n) is 8.44. The summed E-state index contributed by atoms with van der Waals surface area (Å²) in [5.41, 5.74) is 5.32. The highest BCUT2D eigenvalue weighted by molar-refractivity contribution is 7.47. The molecule has 0 amide bonds. The first-order valence-electron chi connectivity index (χ1n) is 21.0. The van der Waals surface area contributed by atoms with Gasteiger partial charge in [-0.2, -0.15) is 0 Å². The van der Waals surface area contributed by atoms with Crippen molar-refractivity contribution in [1.29, 1.82) is 0 Å². The molecule has 0 aromatic rings. The summed E-state index contributed by atoms with van der Waals surface area (Å²) in [4.78, 5) is 45.9. The van der Waals surface area contributed by atoms with Crippen LogP contribution < -0.4 is 5.73 Å². The van der Waals surface area contributed by atoms with Crippen LogP contribution in [0.3, 0.4) is 0 Å². The van der Waals surface area contributed by atoms with Gasteiger partial charge in [0.2, 0.25) is 0 Å². The van der Waals surface area contributed by atoms with Crippen molar-refractivity contribution in [3.05, 3.63) is 72.9 Å². The molecule has 4 N–H and O–H groups in total. The molecule has 0 aromatic heterocycles. The van der Waals surface area contributed by atoms with Crippen molar-refractivity contribution in [1.82, 2.24) is 0 Å². The fourth-order valence-corrected chi connectivity index (χ4v) is 5.92. The second kappa shape index (κ2) is 38.8. The van der Waals surface area contributed by atoms with Crippen molar-refractivity contribution in [2.24, 2.45) is 5.73 Å². The molecule has 11 nitrogen and oxygen atoms in total. The molecule has 0 rings (SSSR count). The third-order valence-corrected chi connectivity index (χ3v) is 9.39. The molecule has 1 unspecified atom stereocenters. The molecule has 0 aromatic carbocycles. The molecule has 0 aliphatic rings. The Balaban J connectivity index is 4.48. The zero-order chi connectivity index (χ0) is 41.4. The molecule has 0 aliphatic carbocycles. The highest BCUT2D eigenvalue weighted by atomic mass is 31.2. The van der Waals surface area contributed by atoms with Gasteiger partial charge in [0.1, 0.15) is 12.6 Å². The van der Waals surface area contributed by atoms with E-state index in [2.05, 4.69) is 91.3 Å². The Bertz CT molecular complexity index is 1230. The number of rotatable bonds is 38. The predicted octanol–water partition coefficient (Wildman–Crippen LogP) is 10.9. The van der Waals surface area contributed by atoms with Crippen LogP contribution >= 0.6 is 7.82 Å². The molecule has 3 atom stereocenters. The number of ether oxygens (including phenoxy) is 2. The fourth-order valence-electron chi connectivity index (χ4n) is 5.14. The van der Waals surface area contributed by atoms with E-state index in [1.54, 1.807) is 0 Å². The smallest absolute Gasteiger partial charge is 0.472 e. The summed E-state index contributed by atoms with van der Waals surface area (Å²) in [6, 6.07) is -1.53. The second-order valence-electron chi connectivity index (χ2n) is 13.7. The van der Waals surface area contributed by atoms with E-state index in [1.165, 1.54) is 38.5 Å². The van der Waals surface area contributed by atoms with Crippen molar-refractivity contribution in [2.45, 2.75) is 167 Å². The number of allylic oxidation sites excluding steroid dienone is 12. The largest absolute Gasteiger partial charge is 0.480 e. The number of phosphoric acid groups is 1. The van der Waals surface area contributed by atoms with E-state index < -0.39 is 51.1 Å². The summed E-state index contributed by atoms with van der Waals surface area (Å²) in [6.45, 7) is 2.59. The minimum absolute atomic E-state index is 0.139. The minimum atomic E-state index is -4.73. The Labute approximate surface area is 338 Å². The molecule has 0 bridgehead atoms. The molecular formula is C44H74NO10P. The van der Waals surface area contributed by atoms with Gasteiger partial charge in [-0.3, -0.25) is 23.4 Å². The van der Waals surface area contributed by atoms with E-state index in [1.807, 2.05) is 0 Å². The van der Waals surface area contributed by atoms with E-state index in [4.69, 9.17) is 24.8 Å². The number of hydrogen-bond donors (Lipinski definition) is 3. The van der Waals surface area contributed by atoms with E-state index in [9.17, 15) is 23.8 Å². The van der Waals surface area contributed by atoms with Gasteiger partial charge in [-0.05, 0) is 83.5 Å². The highest BCUT2D eigenvalue weighted by Crippen LogP contribution is 2.43. The van der Waals surface area contributed by atoms with Crippen LogP contribution in [-0.2, 0) is 37.5 Å². The van der Waals surface area contributed by atoms with Crippen LogP contribution in [0, 0.1) is 0 Å². The molecule has 56 heavy (non-hydrogen) atoms. The number of nitrogens with two attached hydrogens (primary N) is 1. The number of phosphoric ester groups is 1. The molecule has 0 radical (unpaired) electrons. The molecule has 12 heteroatoms. The van der Waals surface area contributed by atoms with Crippen molar-refractivity contribution in [2.75, 3.05) is 19.8 Å². The molecule has 0 saturated carbocycles. The number of esters is 2.